The normalized spacial score (nSPS) is 16.8. The largest absolute Gasteiger partial charge is 0.493 e. The standard InChI is InChI=1S/C25H34N2O3/c1-18(2)16-23(28)20(17-26)22-13-12-19-8-4-5-9-21(19)27(22)14-15-30-25-11-7-6-10-24(25)29-3/h4-11,18,20,22H,12-17,26H2,1-3H3. The number of rotatable bonds is 10. The van der Waals surface area contributed by atoms with Crippen LogP contribution in [0.25, 0.3) is 0 Å². The third-order valence-electron chi connectivity index (χ3n) is 5.81. The summed E-state index contributed by atoms with van der Waals surface area (Å²) >= 11 is 0. The predicted molar refractivity (Wildman–Crippen MR) is 121 cm³/mol. The lowest BCUT2D eigenvalue weighted by molar-refractivity contribution is -0.124. The number of nitrogens with zero attached hydrogens (tertiary/aromatic N) is 1. The van der Waals surface area contributed by atoms with Crippen molar-refractivity contribution in [3.8, 4) is 11.5 Å². The number of fused-ring (bicyclic) bond motifs is 1. The zero-order valence-corrected chi connectivity index (χ0v) is 18.3. The fraction of sp³-hybridized carbons (Fsp3) is 0.480. The molecule has 0 spiro atoms. The molecule has 1 aliphatic heterocycles. The Morgan fingerprint density at radius 3 is 2.53 bits per heavy atom. The highest BCUT2D eigenvalue weighted by Gasteiger charge is 2.35. The van der Waals surface area contributed by atoms with E-state index in [0.29, 0.717) is 32.0 Å². The van der Waals surface area contributed by atoms with E-state index in [0.717, 1.165) is 24.3 Å². The molecule has 1 aliphatic rings. The van der Waals surface area contributed by atoms with E-state index in [4.69, 9.17) is 15.2 Å². The van der Waals surface area contributed by atoms with Gasteiger partial charge in [-0.15, -0.1) is 0 Å². The molecule has 5 heteroatoms. The average molecular weight is 411 g/mol. The second kappa shape index (κ2) is 10.5. The average Bonchev–Trinajstić information content (AvgIpc) is 2.75. The van der Waals surface area contributed by atoms with Crippen molar-refractivity contribution >= 4 is 11.5 Å². The van der Waals surface area contributed by atoms with Crippen LogP contribution in [-0.4, -0.2) is 38.6 Å². The fourth-order valence-electron chi connectivity index (χ4n) is 4.39. The van der Waals surface area contributed by atoms with Crippen molar-refractivity contribution in [1.82, 2.24) is 0 Å². The molecule has 1 heterocycles. The first-order valence-corrected chi connectivity index (χ1v) is 10.9. The molecule has 5 nitrogen and oxygen atoms in total. The van der Waals surface area contributed by atoms with Gasteiger partial charge >= 0.3 is 0 Å². The second-order valence-electron chi connectivity index (χ2n) is 8.33. The van der Waals surface area contributed by atoms with Crippen LogP contribution >= 0.6 is 0 Å². The minimum absolute atomic E-state index is 0.0948. The number of hydrogen-bond acceptors (Lipinski definition) is 5. The lowest BCUT2D eigenvalue weighted by atomic mass is 9.83. The Morgan fingerprint density at radius 2 is 1.83 bits per heavy atom. The summed E-state index contributed by atoms with van der Waals surface area (Å²) in [5.74, 6) is 1.90. The highest BCUT2D eigenvalue weighted by molar-refractivity contribution is 5.83. The Hall–Kier alpha value is -2.53. The van der Waals surface area contributed by atoms with E-state index >= 15 is 0 Å². The van der Waals surface area contributed by atoms with Crippen molar-refractivity contribution in [2.45, 2.75) is 39.2 Å². The molecular formula is C25H34N2O3. The van der Waals surface area contributed by atoms with E-state index in [-0.39, 0.29) is 17.7 Å². The predicted octanol–water partition coefficient (Wildman–Crippen LogP) is 4.09. The van der Waals surface area contributed by atoms with E-state index in [1.54, 1.807) is 7.11 Å². The number of methoxy groups -OCH3 is 1. The number of benzene rings is 2. The number of hydrogen-bond donors (Lipinski definition) is 1. The number of ketones is 1. The van der Waals surface area contributed by atoms with Crippen LogP contribution in [0.4, 0.5) is 5.69 Å². The number of ether oxygens (including phenoxy) is 2. The molecular weight excluding hydrogens is 376 g/mol. The van der Waals surface area contributed by atoms with E-state index in [9.17, 15) is 4.79 Å². The van der Waals surface area contributed by atoms with Crippen molar-refractivity contribution in [1.29, 1.82) is 0 Å². The van der Waals surface area contributed by atoms with Gasteiger partial charge in [0.05, 0.1) is 19.6 Å². The van der Waals surface area contributed by atoms with Crippen molar-refractivity contribution < 1.29 is 14.3 Å². The molecule has 0 saturated heterocycles. The molecule has 2 aromatic carbocycles. The van der Waals surface area contributed by atoms with E-state index in [1.807, 2.05) is 24.3 Å². The van der Waals surface area contributed by atoms with Gasteiger partial charge in [0.1, 0.15) is 12.4 Å². The number of carbonyl (C=O) groups excluding carboxylic acids is 1. The van der Waals surface area contributed by atoms with Gasteiger partial charge in [-0.2, -0.15) is 0 Å². The van der Waals surface area contributed by atoms with Crippen LogP contribution in [0.2, 0.25) is 0 Å². The van der Waals surface area contributed by atoms with Gasteiger partial charge in [0.25, 0.3) is 0 Å². The fourth-order valence-corrected chi connectivity index (χ4v) is 4.39. The molecule has 3 rings (SSSR count). The highest BCUT2D eigenvalue weighted by Crippen LogP contribution is 2.34. The highest BCUT2D eigenvalue weighted by atomic mass is 16.5. The van der Waals surface area contributed by atoms with Crippen LogP contribution in [0.3, 0.4) is 0 Å². The van der Waals surface area contributed by atoms with E-state index < -0.39 is 0 Å². The Morgan fingerprint density at radius 1 is 1.13 bits per heavy atom. The molecule has 0 amide bonds. The van der Waals surface area contributed by atoms with Crippen LogP contribution in [0.15, 0.2) is 48.5 Å². The van der Waals surface area contributed by atoms with Gasteiger partial charge in [-0.25, -0.2) is 0 Å². The molecule has 2 unspecified atom stereocenters. The molecule has 0 aromatic heterocycles. The van der Waals surface area contributed by atoms with Crippen molar-refractivity contribution in [2.75, 3.05) is 31.7 Å². The Labute approximate surface area is 180 Å². The SMILES string of the molecule is COc1ccccc1OCCN1c2ccccc2CCC1C(CN)C(=O)CC(C)C. The summed E-state index contributed by atoms with van der Waals surface area (Å²) in [6.07, 6.45) is 2.47. The number of aryl methyl sites for hydroxylation is 1. The maximum Gasteiger partial charge on any atom is 0.161 e. The Kier molecular flexibility index (Phi) is 7.75. The Bertz CT molecular complexity index is 837. The molecule has 0 saturated carbocycles. The summed E-state index contributed by atoms with van der Waals surface area (Å²) < 4.78 is 11.4. The van der Waals surface area contributed by atoms with Crippen LogP contribution in [0, 0.1) is 11.8 Å². The second-order valence-corrected chi connectivity index (χ2v) is 8.33. The zero-order chi connectivity index (χ0) is 21.5. The minimum Gasteiger partial charge on any atom is -0.493 e. The summed E-state index contributed by atoms with van der Waals surface area (Å²) in [7, 11) is 1.64. The lowest BCUT2D eigenvalue weighted by Gasteiger charge is -2.42. The van der Waals surface area contributed by atoms with E-state index in [1.165, 1.54) is 11.3 Å². The van der Waals surface area contributed by atoms with Gasteiger partial charge in [-0.3, -0.25) is 4.79 Å². The van der Waals surface area contributed by atoms with Crippen LogP contribution in [-0.2, 0) is 11.2 Å². The monoisotopic (exact) mass is 410 g/mol. The Balaban J connectivity index is 1.79. The van der Waals surface area contributed by atoms with Gasteiger partial charge < -0.3 is 20.1 Å². The summed E-state index contributed by atoms with van der Waals surface area (Å²) in [5, 5.41) is 0. The van der Waals surface area contributed by atoms with Gasteiger partial charge in [-0.1, -0.05) is 44.2 Å². The smallest absolute Gasteiger partial charge is 0.161 e. The molecule has 0 radical (unpaired) electrons. The minimum atomic E-state index is -0.160. The third-order valence-corrected chi connectivity index (χ3v) is 5.81. The topological polar surface area (TPSA) is 64.8 Å². The maximum atomic E-state index is 13.0. The summed E-state index contributed by atoms with van der Waals surface area (Å²) in [4.78, 5) is 15.3. The van der Waals surface area contributed by atoms with Crippen LogP contribution < -0.4 is 20.1 Å². The number of carbonyl (C=O) groups is 1. The van der Waals surface area contributed by atoms with Crippen molar-refractivity contribution in [3.05, 3.63) is 54.1 Å². The number of Topliss-reactive ketones (excluding diaryl/α,β-unsaturated/α-hetero) is 1. The zero-order valence-electron chi connectivity index (χ0n) is 18.3. The van der Waals surface area contributed by atoms with Crippen LogP contribution in [0.5, 0.6) is 11.5 Å². The molecule has 0 aliphatic carbocycles. The summed E-state index contributed by atoms with van der Waals surface area (Å²) in [5.41, 5.74) is 8.63. The van der Waals surface area contributed by atoms with Gasteiger partial charge in [-0.05, 0) is 42.5 Å². The summed E-state index contributed by atoms with van der Waals surface area (Å²) in [6, 6.07) is 16.2. The molecule has 2 N–H and O–H groups in total. The molecule has 0 bridgehead atoms. The quantitative estimate of drug-likeness (QED) is 0.639. The van der Waals surface area contributed by atoms with Crippen LogP contribution in [0.1, 0.15) is 32.3 Å². The summed E-state index contributed by atoms with van der Waals surface area (Å²) in [6.45, 7) is 5.73. The first-order valence-electron chi connectivity index (χ1n) is 10.9. The van der Waals surface area contributed by atoms with Crippen molar-refractivity contribution in [2.24, 2.45) is 17.6 Å². The number of para-hydroxylation sites is 3. The van der Waals surface area contributed by atoms with Gasteiger partial charge in [0.15, 0.2) is 11.5 Å². The first kappa shape index (κ1) is 22.2. The van der Waals surface area contributed by atoms with Gasteiger partial charge in [0.2, 0.25) is 0 Å². The number of nitrogens with two attached hydrogens (primary N) is 1. The number of anilines is 1. The molecule has 30 heavy (non-hydrogen) atoms. The van der Waals surface area contributed by atoms with Gasteiger partial charge in [0, 0.05) is 24.7 Å². The molecule has 162 valence electrons. The first-order chi connectivity index (χ1) is 14.5. The molecule has 2 aromatic rings. The maximum absolute atomic E-state index is 13.0. The molecule has 2 atom stereocenters. The van der Waals surface area contributed by atoms with Crippen molar-refractivity contribution in [3.63, 3.8) is 0 Å². The van der Waals surface area contributed by atoms with E-state index in [2.05, 4.69) is 43.0 Å². The molecule has 0 fully saturated rings. The third kappa shape index (κ3) is 5.14. The lowest BCUT2D eigenvalue weighted by Crippen LogP contribution is -2.50.